The van der Waals surface area contributed by atoms with E-state index in [1.165, 1.54) is 0 Å². The molecule has 0 aromatic heterocycles. The lowest BCUT2D eigenvalue weighted by Crippen LogP contribution is -2.05. The maximum Gasteiger partial charge on any atom is 0.347 e. The van der Waals surface area contributed by atoms with Gasteiger partial charge in [-0.1, -0.05) is 17.7 Å². The molecule has 1 aromatic rings. The quantitative estimate of drug-likeness (QED) is 0.737. The number of ether oxygens (including phenoxy) is 1. The highest BCUT2D eigenvalue weighted by molar-refractivity contribution is 7.90. The highest BCUT2D eigenvalue weighted by Crippen LogP contribution is 2.23. The maximum atomic E-state index is 12.1. The van der Waals surface area contributed by atoms with E-state index in [2.05, 4.69) is 0 Å². The number of hydrogen-bond acceptors (Lipinski definition) is 3. The molecule has 0 saturated carbocycles. The summed E-state index contributed by atoms with van der Waals surface area (Å²) in [6, 6.07) is 7.31. The predicted molar refractivity (Wildman–Crippen MR) is 61.2 cm³/mol. The Labute approximate surface area is 96.6 Å². The molecule has 0 bridgehead atoms. The molecule has 84 valence electrons. The predicted octanol–water partition coefficient (Wildman–Crippen LogP) is 1.93. The molecule has 0 amide bonds. The maximum absolute atomic E-state index is 12.1. The average Bonchev–Trinajstić information content (AvgIpc) is 2.59. The van der Waals surface area contributed by atoms with E-state index >= 15 is 0 Å². The van der Waals surface area contributed by atoms with Crippen LogP contribution in [0.1, 0.15) is 12.5 Å². The van der Waals surface area contributed by atoms with Gasteiger partial charge in [0, 0.05) is 4.90 Å². The summed E-state index contributed by atoms with van der Waals surface area (Å²) in [5.74, 6) is -0.462. The van der Waals surface area contributed by atoms with Crippen molar-refractivity contribution in [1.29, 1.82) is 0 Å². The Balaban J connectivity index is 2.36. The lowest BCUT2D eigenvalue weighted by molar-refractivity contribution is -0.135. The van der Waals surface area contributed by atoms with E-state index in [1.807, 2.05) is 19.1 Å². The van der Waals surface area contributed by atoms with E-state index in [9.17, 15) is 9.00 Å². The van der Waals surface area contributed by atoms with Crippen LogP contribution in [0, 0.1) is 6.92 Å². The van der Waals surface area contributed by atoms with E-state index in [4.69, 9.17) is 4.74 Å². The second-order valence-corrected chi connectivity index (χ2v) is 5.18. The lowest BCUT2D eigenvalue weighted by Gasteiger charge is -2.02. The molecule has 0 N–H and O–H groups in total. The van der Waals surface area contributed by atoms with Crippen molar-refractivity contribution in [2.45, 2.75) is 18.7 Å². The minimum absolute atomic E-state index is 0.256. The van der Waals surface area contributed by atoms with Gasteiger partial charge in [-0.2, -0.15) is 0 Å². The minimum atomic E-state index is -1.42. The Kier molecular flexibility index (Phi) is 2.92. The zero-order valence-electron chi connectivity index (χ0n) is 9.15. The molecule has 16 heavy (non-hydrogen) atoms. The fourth-order valence-electron chi connectivity index (χ4n) is 1.49. The van der Waals surface area contributed by atoms with Crippen molar-refractivity contribution in [1.82, 2.24) is 0 Å². The zero-order valence-corrected chi connectivity index (χ0v) is 9.97. The van der Waals surface area contributed by atoms with Crippen LogP contribution in [0.2, 0.25) is 0 Å². The van der Waals surface area contributed by atoms with Crippen molar-refractivity contribution < 1.29 is 13.7 Å². The number of hydrogen-bond donors (Lipinski definition) is 0. The number of benzene rings is 1. The third-order valence-electron chi connectivity index (χ3n) is 2.41. The fourth-order valence-corrected chi connectivity index (χ4v) is 2.70. The normalized spacial score (nSPS) is 17.5. The molecular weight excluding hydrogens is 224 g/mol. The zero-order chi connectivity index (χ0) is 11.7. The standard InChI is InChI=1S/C12H12O3S/c1-8-3-5-10(6-4-8)16(14)11-9(2)7-15-12(11)13/h3-6H,7H2,1-2H3. The first-order chi connectivity index (χ1) is 7.59. The number of carbonyl (C=O) groups is 1. The number of esters is 1. The Hall–Kier alpha value is -1.42. The molecule has 2 rings (SSSR count). The van der Waals surface area contributed by atoms with Crippen molar-refractivity contribution in [3.05, 3.63) is 40.3 Å². The van der Waals surface area contributed by atoms with E-state index in [0.29, 0.717) is 9.80 Å². The molecule has 1 aliphatic rings. The van der Waals surface area contributed by atoms with Gasteiger partial charge in [-0.25, -0.2) is 9.00 Å². The highest BCUT2D eigenvalue weighted by Gasteiger charge is 2.28. The molecule has 1 heterocycles. The molecule has 0 saturated heterocycles. The van der Waals surface area contributed by atoms with Gasteiger partial charge in [-0.15, -0.1) is 0 Å². The summed E-state index contributed by atoms with van der Waals surface area (Å²) in [6.07, 6.45) is 0. The van der Waals surface area contributed by atoms with Gasteiger partial charge in [-0.3, -0.25) is 0 Å². The summed E-state index contributed by atoms with van der Waals surface area (Å²) in [5.41, 5.74) is 1.85. The first-order valence-corrected chi connectivity index (χ1v) is 6.10. The van der Waals surface area contributed by atoms with Crippen LogP contribution >= 0.6 is 0 Å². The number of cyclic esters (lactones) is 1. The summed E-state index contributed by atoms with van der Waals surface area (Å²) < 4.78 is 17.0. The van der Waals surface area contributed by atoms with Gasteiger partial charge in [0.05, 0.1) is 10.8 Å². The summed E-state index contributed by atoms with van der Waals surface area (Å²) in [6.45, 7) is 3.99. The summed E-state index contributed by atoms with van der Waals surface area (Å²) in [5, 5.41) is 0. The molecule has 0 fully saturated rings. The van der Waals surface area contributed by atoms with Crippen molar-refractivity contribution in [2.75, 3.05) is 6.61 Å². The van der Waals surface area contributed by atoms with E-state index in [0.717, 1.165) is 11.1 Å². The van der Waals surface area contributed by atoms with E-state index in [1.54, 1.807) is 19.1 Å². The smallest absolute Gasteiger partial charge is 0.347 e. The number of rotatable bonds is 2. The first-order valence-electron chi connectivity index (χ1n) is 4.95. The molecule has 0 aliphatic carbocycles. The molecule has 1 aliphatic heterocycles. The Morgan fingerprint density at radius 3 is 2.31 bits per heavy atom. The van der Waals surface area contributed by atoms with Crippen molar-refractivity contribution >= 4 is 16.8 Å². The second-order valence-electron chi connectivity index (χ2n) is 3.77. The molecule has 1 atom stereocenters. The van der Waals surface area contributed by atoms with Crippen LogP contribution in [0.25, 0.3) is 0 Å². The molecule has 0 radical (unpaired) electrons. The monoisotopic (exact) mass is 236 g/mol. The van der Waals surface area contributed by atoms with Crippen LogP contribution in [0.15, 0.2) is 39.6 Å². The highest BCUT2D eigenvalue weighted by atomic mass is 32.2. The van der Waals surface area contributed by atoms with Crippen LogP contribution < -0.4 is 0 Å². The van der Waals surface area contributed by atoms with E-state index < -0.39 is 16.8 Å². The lowest BCUT2D eigenvalue weighted by atomic mass is 10.2. The van der Waals surface area contributed by atoms with Gasteiger partial charge in [0.15, 0.2) is 0 Å². The average molecular weight is 236 g/mol. The Bertz CT molecular complexity index is 485. The van der Waals surface area contributed by atoms with Crippen LogP contribution in [-0.2, 0) is 20.3 Å². The third kappa shape index (κ3) is 1.93. The summed E-state index contributed by atoms with van der Waals surface area (Å²) in [7, 11) is -1.42. The number of aryl methyl sites for hydroxylation is 1. The SMILES string of the molecule is CC1=C(S(=O)c2ccc(C)cc2)C(=O)OC1. The van der Waals surface area contributed by atoms with Gasteiger partial charge >= 0.3 is 5.97 Å². The summed E-state index contributed by atoms with van der Waals surface area (Å²) in [4.78, 5) is 12.3. The van der Waals surface area contributed by atoms with Gasteiger partial charge in [0.25, 0.3) is 0 Å². The molecule has 1 unspecified atom stereocenters. The molecule has 4 heteroatoms. The molecule has 3 nitrogen and oxygen atoms in total. The first kappa shape index (κ1) is 11.1. The Morgan fingerprint density at radius 2 is 1.81 bits per heavy atom. The largest absolute Gasteiger partial charge is 0.457 e. The fraction of sp³-hybridized carbons (Fsp3) is 0.250. The molecule has 1 aromatic carbocycles. The number of carbonyl (C=O) groups excluding carboxylic acids is 1. The summed E-state index contributed by atoms with van der Waals surface area (Å²) >= 11 is 0. The van der Waals surface area contributed by atoms with Gasteiger partial charge in [0.2, 0.25) is 0 Å². The second kappa shape index (κ2) is 4.22. The van der Waals surface area contributed by atoms with Crippen LogP contribution in [-0.4, -0.2) is 16.8 Å². The third-order valence-corrected chi connectivity index (χ3v) is 4.00. The van der Waals surface area contributed by atoms with E-state index in [-0.39, 0.29) is 6.61 Å². The molecular formula is C12H12O3S. The minimum Gasteiger partial charge on any atom is -0.457 e. The van der Waals surface area contributed by atoms with Crippen molar-refractivity contribution in [3.8, 4) is 0 Å². The topological polar surface area (TPSA) is 43.4 Å². The van der Waals surface area contributed by atoms with Crippen molar-refractivity contribution in [3.63, 3.8) is 0 Å². The Morgan fingerprint density at radius 1 is 1.19 bits per heavy atom. The van der Waals surface area contributed by atoms with Gasteiger partial charge < -0.3 is 4.74 Å². The van der Waals surface area contributed by atoms with Crippen molar-refractivity contribution in [2.24, 2.45) is 0 Å². The molecule has 0 spiro atoms. The van der Waals surface area contributed by atoms with Gasteiger partial charge in [0.1, 0.15) is 11.5 Å². The van der Waals surface area contributed by atoms with Crippen LogP contribution in [0.4, 0.5) is 0 Å². The van der Waals surface area contributed by atoms with Crippen LogP contribution in [0.3, 0.4) is 0 Å². The van der Waals surface area contributed by atoms with Gasteiger partial charge in [-0.05, 0) is 31.6 Å². The van der Waals surface area contributed by atoms with Crippen LogP contribution in [0.5, 0.6) is 0 Å².